The molecule has 1 amide bonds. The molecule has 1 aromatic heterocycles. The van der Waals surface area contributed by atoms with Gasteiger partial charge in [-0.05, 0) is 17.7 Å². The molecular formula is C16H16Cl2N2O2. The van der Waals surface area contributed by atoms with Crippen molar-refractivity contribution in [2.45, 2.75) is 6.54 Å². The molecule has 0 spiro atoms. The van der Waals surface area contributed by atoms with Gasteiger partial charge >= 0.3 is 0 Å². The summed E-state index contributed by atoms with van der Waals surface area (Å²) in [6, 6.07) is 12.8. The van der Waals surface area contributed by atoms with Gasteiger partial charge in [-0.25, -0.2) is 4.98 Å². The number of pyridine rings is 1. The Morgan fingerprint density at radius 3 is 2.41 bits per heavy atom. The van der Waals surface area contributed by atoms with Gasteiger partial charge in [0.15, 0.2) is 0 Å². The molecule has 0 aliphatic heterocycles. The van der Waals surface area contributed by atoms with Crippen LogP contribution in [-0.2, 0) is 11.3 Å². The van der Waals surface area contributed by atoms with Crippen molar-refractivity contribution in [3.63, 3.8) is 0 Å². The van der Waals surface area contributed by atoms with Crippen LogP contribution in [0.5, 0.6) is 0 Å². The summed E-state index contributed by atoms with van der Waals surface area (Å²) < 4.78 is 5.09. The minimum atomic E-state index is -0.160. The number of amides is 1. The van der Waals surface area contributed by atoms with E-state index >= 15 is 0 Å². The number of rotatable bonds is 6. The summed E-state index contributed by atoms with van der Waals surface area (Å²) in [7, 11) is 1.60. The van der Waals surface area contributed by atoms with Crippen LogP contribution in [0.15, 0.2) is 42.5 Å². The molecule has 0 bridgehead atoms. The third-order valence-electron chi connectivity index (χ3n) is 3.08. The second-order valence-electron chi connectivity index (χ2n) is 4.71. The summed E-state index contributed by atoms with van der Waals surface area (Å²) in [6.07, 6.45) is 0. The molecule has 2 aromatic rings. The van der Waals surface area contributed by atoms with Crippen LogP contribution in [0, 0.1) is 0 Å². The van der Waals surface area contributed by atoms with Gasteiger partial charge in [0.1, 0.15) is 10.3 Å². The number of nitrogens with zero attached hydrogens (tertiary/aromatic N) is 2. The fraction of sp³-hybridized carbons (Fsp3) is 0.250. The predicted octanol–water partition coefficient (Wildman–Crippen LogP) is 3.68. The Morgan fingerprint density at radius 2 is 1.82 bits per heavy atom. The minimum absolute atomic E-state index is 0.160. The molecule has 1 aromatic carbocycles. The molecule has 0 N–H and O–H groups in total. The third-order valence-corrected chi connectivity index (χ3v) is 3.47. The van der Waals surface area contributed by atoms with Crippen molar-refractivity contribution in [1.82, 2.24) is 9.88 Å². The van der Waals surface area contributed by atoms with E-state index in [0.29, 0.717) is 25.3 Å². The average molecular weight is 339 g/mol. The first-order valence-corrected chi connectivity index (χ1v) is 7.51. The first-order valence-electron chi connectivity index (χ1n) is 6.75. The Morgan fingerprint density at radius 1 is 1.18 bits per heavy atom. The van der Waals surface area contributed by atoms with Gasteiger partial charge in [0.25, 0.3) is 5.91 Å². The highest BCUT2D eigenvalue weighted by molar-refractivity contribution is 6.33. The van der Waals surface area contributed by atoms with E-state index in [1.54, 1.807) is 12.0 Å². The summed E-state index contributed by atoms with van der Waals surface area (Å²) in [6.45, 7) is 1.41. The molecule has 0 radical (unpaired) electrons. The fourth-order valence-electron chi connectivity index (χ4n) is 2.03. The smallest absolute Gasteiger partial charge is 0.254 e. The number of ether oxygens (including phenoxy) is 1. The lowest BCUT2D eigenvalue weighted by molar-refractivity contribution is 0.0680. The molecule has 0 fully saturated rings. The zero-order valence-electron chi connectivity index (χ0n) is 12.1. The largest absolute Gasteiger partial charge is 0.383 e. The number of hydrogen-bond acceptors (Lipinski definition) is 3. The Labute approximate surface area is 139 Å². The Balaban J connectivity index is 2.21. The van der Waals surface area contributed by atoms with Gasteiger partial charge in [0, 0.05) is 25.8 Å². The normalized spacial score (nSPS) is 10.5. The van der Waals surface area contributed by atoms with Gasteiger partial charge in [-0.15, -0.1) is 0 Å². The van der Waals surface area contributed by atoms with Crippen molar-refractivity contribution in [1.29, 1.82) is 0 Å². The Bertz CT molecular complexity index is 615. The van der Waals surface area contributed by atoms with Gasteiger partial charge < -0.3 is 9.64 Å². The molecule has 0 aliphatic carbocycles. The quantitative estimate of drug-likeness (QED) is 0.754. The van der Waals surface area contributed by atoms with Crippen molar-refractivity contribution in [3.8, 4) is 0 Å². The number of halogens is 2. The minimum Gasteiger partial charge on any atom is -0.383 e. The molecular weight excluding hydrogens is 323 g/mol. The molecule has 0 unspecified atom stereocenters. The molecule has 6 heteroatoms. The van der Waals surface area contributed by atoms with Gasteiger partial charge in [-0.3, -0.25) is 4.79 Å². The summed E-state index contributed by atoms with van der Waals surface area (Å²) in [5, 5.41) is 0.393. The molecule has 22 heavy (non-hydrogen) atoms. The number of methoxy groups -OCH3 is 1. The van der Waals surface area contributed by atoms with E-state index in [4.69, 9.17) is 27.9 Å². The lowest BCUT2D eigenvalue weighted by atomic mass is 10.2. The van der Waals surface area contributed by atoms with E-state index in [0.717, 1.165) is 5.56 Å². The molecule has 0 saturated heterocycles. The van der Waals surface area contributed by atoms with E-state index in [1.165, 1.54) is 12.1 Å². The van der Waals surface area contributed by atoms with Gasteiger partial charge in [0.2, 0.25) is 0 Å². The van der Waals surface area contributed by atoms with Crippen molar-refractivity contribution >= 4 is 29.1 Å². The average Bonchev–Trinajstić information content (AvgIpc) is 2.50. The highest BCUT2D eigenvalue weighted by atomic mass is 35.5. The zero-order chi connectivity index (χ0) is 15.9. The Hall–Kier alpha value is -1.62. The lowest BCUT2D eigenvalue weighted by Gasteiger charge is -2.22. The maximum Gasteiger partial charge on any atom is 0.254 e. The van der Waals surface area contributed by atoms with Crippen LogP contribution in [0.3, 0.4) is 0 Å². The number of carbonyl (C=O) groups excluding carboxylic acids is 1. The third kappa shape index (κ3) is 4.70. The maximum absolute atomic E-state index is 12.7. The van der Waals surface area contributed by atoms with Crippen molar-refractivity contribution in [2.24, 2.45) is 0 Å². The highest BCUT2D eigenvalue weighted by Gasteiger charge is 2.17. The first kappa shape index (κ1) is 16.7. The second-order valence-corrected chi connectivity index (χ2v) is 5.48. The molecule has 116 valence electrons. The summed E-state index contributed by atoms with van der Waals surface area (Å²) in [5.74, 6) is -0.160. The molecule has 0 atom stereocenters. The van der Waals surface area contributed by atoms with Crippen molar-refractivity contribution in [3.05, 3.63) is 63.9 Å². The summed E-state index contributed by atoms with van der Waals surface area (Å²) in [4.78, 5) is 18.2. The molecule has 0 aliphatic rings. The van der Waals surface area contributed by atoms with E-state index in [-0.39, 0.29) is 16.2 Å². The summed E-state index contributed by atoms with van der Waals surface area (Å²) >= 11 is 11.7. The van der Waals surface area contributed by atoms with E-state index < -0.39 is 0 Å². The monoisotopic (exact) mass is 338 g/mol. The Kier molecular flexibility index (Phi) is 6.19. The number of hydrogen-bond donors (Lipinski definition) is 0. The molecule has 1 heterocycles. The fourth-order valence-corrected chi connectivity index (χ4v) is 2.49. The van der Waals surface area contributed by atoms with Crippen LogP contribution in [0.1, 0.15) is 15.9 Å². The number of aromatic nitrogens is 1. The SMILES string of the molecule is COCCN(Cc1ccccc1)C(=O)c1cc(Cl)nc(Cl)c1. The van der Waals surface area contributed by atoms with Crippen LogP contribution < -0.4 is 0 Å². The first-order chi connectivity index (χ1) is 10.6. The van der Waals surface area contributed by atoms with Crippen molar-refractivity contribution in [2.75, 3.05) is 20.3 Å². The zero-order valence-corrected chi connectivity index (χ0v) is 13.6. The second kappa shape index (κ2) is 8.13. The number of benzene rings is 1. The van der Waals surface area contributed by atoms with Gasteiger partial charge in [-0.1, -0.05) is 53.5 Å². The maximum atomic E-state index is 12.7. The van der Waals surface area contributed by atoms with E-state index in [1.807, 2.05) is 30.3 Å². The van der Waals surface area contributed by atoms with Crippen LogP contribution >= 0.6 is 23.2 Å². The lowest BCUT2D eigenvalue weighted by Crippen LogP contribution is -2.33. The van der Waals surface area contributed by atoms with E-state index in [2.05, 4.69) is 4.98 Å². The van der Waals surface area contributed by atoms with Crippen molar-refractivity contribution < 1.29 is 9.53 Å². The van der Waals surface area contributed by atoms with Crippen LogP contribution in [0.25, 0.3) is 0 Å². The van der Waals surface area contributed by atoms with E-state index in [9.17, 15) is 4.79 Å². The van der Waals surface area contributed by atoms with Gasteiger partial charge in [0.05, 0.1) is 6.61 Å². The molecule has 2 rings (SSSR count). The van der Waals surface area contributed by atoms with Gasteiger partial charge in [-0.2, -0.15) is 0 Å². The van der Waals surface area contributed by atoms with Crippen LogP contribution in [0.2, 0.25) is 10.3 Å². The standard InChI is InChI=1S/C16H16Cl2N2O2/c1-22-8-7-20(11-12-5-3-2-4-6-12)16(21)13-9-14(17)19-15(18)10-13/h2-6,9-10H,7-8,11H2,1H3. The topological polar surface area (TPSA) is 42.4 Å². The molecule has 4 nitrogen and oxygen atoms in total. The number of carbonyl (C=O) groups is 1. The van der Waals surface area contributed by atoms with Crippen LogP contribution in [-0.4, -0.2) is 36.1 Å². The summed E-state index contributed by atoms with van der Waals surface area (Å²) in [5.41, 5.74) is 1.45. The highest BCUT2D eigenvalue weighted by Crippen LogP contribution is 2.17. The predicted molar refractivity (Wildman–Crippen MR) is 87.3 cm³/mol. The van der Waals surface area contributed by atoms with Crippen LogP contribution in [0.4, 0.5) is 0 Å². The molecule has 0 saturated carbocycles.